The molecule has 0 aromatic heterocycles. The van der Waals surface area contributed by atoms with Crippen molar-refractivity contribution in [1.82, 2.24) is 0 Å². The summed E-state index contributed by atoms with van der Waals surface area (Å²) in [5, 5.41) is 2.15. The Kier molecular flexibility index (Phi) is 3.95. The van der Waals surface area contributed by atoms with Crippen molar-refractivity contribution in [2.45, 2.75) is 20.8 Å². The highest BCUT2D eigenvalue weighted by Crippen LogP contribution is 2.35. The number of methoxy groups -OCH3 is 1. The largest absolute Gasteiger partial charge is 0.497 e. The normalized spacial score (nSPS) is 16.6. The zero-order chi connectivity index (χ0) is 16.6. The number of fused-ring (bicyclic) bond motifs is 1. The molecule has 2 aromatic carbocycles. The minimum absolute atomic E-state index is 0.276. The molecule has 0 bridgehead atoms. The van der Waals surface area contributed by atoms with E-state index < -0.39 is 0 Å². The number of hydrogen-bond donors (Lipinski definition) is 0. The van der Waals surface area contributed by atoms with Gasteiger partial charge < -0.3 is 9.47 Å². The molecule has 3 rings (SSSR count). The van der Waals surface area contributed by atoms with E-state index in [1.54, 1.807) is 7.11 Å². The van der Waals surface area contributed by atoms with Crippen LogP contribution in [0.15, 0.2) is 53.8 Å². The standard InChI is InChI=1S/C20H20O3/c1-12(2)9-18-13(3)19(20(21)23-18)16-6-5-15-11-17(22-4)8-7-14(15)10-16/h5-12H,1-4H3/b18-9-. The van der Waals surface area contributed by atoms with Crippen LogP contribution < -0.4 is 4.74 Å². The number of benzene rings is 2. The molecule has 0 spiro atoms. The van der Waals surface area contributed by atoms with Crippen LogP contribution in [0.2, 0.25) is 0 Å². The predicted molar refractivity (Wildman–Crippen MR) is 92.1 cm³/mol. The Bertz CT molecular complexity index is 841. The van der Waals surface area contributed by atoms with Gasteiger partial charge in [-0.2, -0.15) is 0 Å². The third-order valence-corrected chi connectivity index (χ3v) is 3.97. The van der Waals surface area contributed by atoms with Crippen molar-refractivity contribution < 1.29 is 14.3 Å². The maximum absolute atomic E-state index is 12.3. The molecular formula is C20H20O3. The van der Waals surface area contributed by atoms with E-state index in [4.69, 9.17) is 9.47 Å². The number of ether oxygens (including phenoxy) is 2. The summed E-state index contributed by atoms with van der Waals surface area (Å²) in [7, 11) is 1.65. The molecule has 0 saturated heterocycles. The van der Waals surface area contributed by atoms with Crippen molar-refractivity contribution in [3.05, 3.63) is 59.4 Å². The predicted octanol–water partition coefficient (Wildman–Crippen LogP) is 4.72. The Hall–Kier alpha value is -2.55. The van der Waals surface area contributed by atoms with Gasteiger partial charge in [-0.25, -0.2) is 4.79 Å². The van der Waals surface area contributed by atoms with Crippen LogP contribution in [0.1, 0.15) is 26.3 Å². The van der Waals surface area contributed by atoms with Crippen LogP contribution in [0.3, 0.4) is 0 Å². The summed E-state index contributed by atoms with van der Waals surface area (Å²) < 4.78 is 10.7. The van der Waals surface area contributed by atoms with E-state index in [9.17, 15) is 4.79 Å². The summed E-state index contributed by atoms with van der Waals surface area (Å²) in [6, 6.07) is 11.9. The second-order valence-corrected chi connectivity index (χ2v) is 6.09. The van der Waals surface area contributed by atoms with Crippen molar-refractivity contribution in [1.29, 1.82) is 0 Å². The fourth-order valence-corrected chi connectivity index (χ4v) is 2.81. The number of esters is 1. The second-order valence-electron chi connectivity index (χ2n) is 6.09. The summed E-state index contributed by atoms with van der Waals surface area (Å²) in [6.07, 6.45) is 1.98. The lowest BCUT2D eigenvalue weighted by molar-refractivity contribution is -0.131. The van der Waals surface area contributed by atoms with Gasteiger partial charge in [0.1, 0.15) is 11.5 Å². The first-order valence-corrected chi connectivity index (χ1v) is 7.73. The van der Waals surface area contributed by atoms with Crippen molar-refractivity contribution in [3.63, 3.8) is 0 Å². The number of carbonyl (C=O) groups is 1. The van der Waals surface area contributed by atoms with Crippen LogP contribution in [0.5, 0.6) is 5.75 Å². The van der Waals surface area contributed by atoms with Gasteiger partial charge in [0.05, 0.1) is 12.7 Å². The van der Waals surface area contributed by atoms with E-state index in [0.717, 1.165) is 27.7 Å². The molecule has 0 atom stereocenters. The van der Waals surface area contributed by atoms with Gasteiger partial charge in [0.25, 0.3) is 0 Å². The molecule has 3 nitrogen and oxygen atoms in total. The van der Waals surface area contributed by atoms with E-state index in [1.165, 1.54) is 0 Å². The summed E-state index contributed by atoms with van der Waals surface area (Å²) in [5.74, 6) is 1.55. The maximum atomic E-state index is 12.3. The summed E-state index contributed by atoms with van der Waals surface area (Å²) in [5.41, 5.74) is 2.43. The molecule has 2 aromatic rings. The number of cyclic esters (lactones) is 1. The van der Waals surface area contributed by atoms with E-state index in [-0.39, 0.29) is 5.97 Å². The molecular weight excluding hydrogens is 288 g/mol. The zero-order valence-electron chi connectivity index (χ0n) is 13.8. The molecule has 0 fully saturated rings. The molecule has 0 N–H and O–H groups in total. The van der Waals surface area contributed by atoms with Crippen molar-refractivity contribution in [2.75, 3.05) is 7.11 Å². The van der Waals surface area contributed by atoms with Crippen LogP contribution in [0.25, 0.3) is 16.3 Å². The monoisotopic (exact) mass is 308 g/mol. The number of rotatable bonds is 3. The van der Waals surface area contributed by atoms with E-state index >= 15 is 0 Å². The summed E-state index contributed by atoms with van der Waals surface area (Å²) >= 11 is 0. The van der Waals surface area contributed by atoms with Crippen LogP contribution in [0.4, 0.5) is 0 Å². The molecule has 0 radical (unpaired) electrons. The highest BCUT2D eigenvalue weighted by atomic mass is 16.5. The lowest BCUT2D eigenvalue weighted by Crippen LogP contribution is -1.98. The number of carbonyl (C=O) groups excluding carboxylic acids is 1. The molecule has 118 valence electrons. The molecule has 0 amide bonds. The van der Waals surface area contributed by atoms with Crippen molar-refractivity contribution in [3.8, 4) is 5.75 Å². The maximum Gasteiger partial charge on any atom is 0.344 e. The van der Waals surface area contributed by atoms with Gasteiger partial charge >= 0.3 is 5.97 Å². The van der Waals surface area contributed by atoms with E-state index in [0.29, 0.717) is 17.3 Å². The first-order chi connectivity index (χ1) is 11.0. The third kappa shape index (κ3) is 2.87. The van der Waals surface area contributed by atoms with Gasteiger partial charge in [0.2, 0.25) is 0 Å². The molecule has 0 aliphatic carbocycles. The Balaban J connectivity index is 2.09. The molecule has 0 unspecified atom stereocenters. The first kappa shape index (κ1) is 15.3. The van der Waals surface area contributed by atoms with E-state index in [2.05, 4.69) is 13.8 Å². The van der Waals surface area contributed by atoms with Gasteiger partial charge in [-0.3, -0.25) is 0 Å². The quantitative estimate of drug-likeness (QED) is 0.770. The lowest BCUT2D eigenvalue weighted by Gasteiger charge is -2.05. The molecule has 0 saturated carbocycles. The number of allylic oxidation sites excluding steroid dienone is 2. The lowest BCUT2D eigenvalue weighted by atomic mass is 9.98. The highest BCUT2D eigenvalue weighted by molar-refractivity contribution is 6.21. The summed E-state index contributed by atoms with van der Waals surface area (Å²) in [4.78, 5) is 12.3. The Morgan fingerprint density at radius 2 is 1.78 bits per heavy atom. The average Bonchev–Trinajstić information content (AvgIpc) is 2.79. The SMILES string of the molecule is COc1ccc2cc(C3=C(C)/C(=C/C(C)C)OC3=O)ccc2c1. The Labute approximate surface area is 136 Å². The van der Waals surface area contributed by atoms with E-state index in [1.807, 2.05) is 49.4 Å². The topological polar surface area (TPSA) is 35.5 Å². The van der Waals surface area contributed by atoms with Crippen LogP contribution in [-0.4, -0.2) is 13.1 Å². The Morgan fingerprint density at radius 3 is 2.48 bits per heavy atom. The molecule has 1 heterocycles. The third-order valence-electron chi connectivity index (χ3n) is 3.97. The minimum atomic E-state index is -0.276. The molecule has 23 heavy (non-hydrogen) atoms. The Morgan fingerprint density at radius 1 is 1.09 bits per heavy atom. The van der Waals surface area contributed by atoms with Gasteiger partial charge in [-0.1, -0.05) is 32.0 Å². The average molecular weight is 308 g/mol. The number of hydrogen-bond acceptors (Lipinski definition) is 3. The molecule has 1 aliphatic heterocycles. The van der Waals surface area contributed by atoms with Gasteiger partial charge in [-0.15, -0.1) is 0 Å². The van der Waals surface area contributed by atoms with Crippen molar-refractivity contribution >= 4 is 22.3 Å². The van der Waals surface area contributed by atoms with Gasteiger partial charge in [0, 0.05) is 5.57 Å². The molecule has 1 aliphatic rings. The summed E-state index contributed by atoms with van der Waals surface area (Å²) in [6.45, 7) is 6.07. The fourth-order valence-electron chi connectivity index (χ4n) is 2.81. The fraction of sp³-hybridized carbons (Fsp3) is 0.250. The van der Waals surface area contributed by atoms with Crippen molar-refractivity contribution in [2.24, 2.45) is 5.92 Å². The second kappa shape index (κ2) is 5.92. The smallest absolute Gasteiger partial charge is 0.344 e. The molecule has 3 heteroatoms. The van der Waals surface area contributed by atoms with Crippen LogP contribution >= 0.6 is 0 Å². The van der Waals surface area contributed by atoms with Gasteiger partial charge in [-0.05, 0) is 53.5 Å². The first-order valence-electron chi connectivity index (χ1n) is 7.73. The van der Waals surface area contributed by atoms with Gasteiger partial charge in [0.15, 0.2) is 0 Å². The van der Waals surface area contributed by atoms with Crippen LogP contribution in [0, 0.1) is 5.92 Å². The minimum Gasteiger partial charge on any atom is -0.497 e. The van der Waals surface area contributed by atoms with Crippen LogP contribution in [-0.2, 0) is 9.53 Å². The zero-order valence-corrected chi connectivity index (χ0v) is 13.8. The highest BCUT2D eigenvalue weighted by Gasteiger charge is 2.28.